The molecule has 1 unspecified atom stereocenters. The maximum atomic E-state index is 10.6. The van der Waals surface area contributed by atoms with Gasteiger partial charge in [0, 0.05) is 6.54 Å². The van der Waals surface area contributed by atoms with Gasteiger partial charge in [-0.05, 0) is 17.5 Å². The maximum absolute atomic E-state index is 10.6. The summed E-state index contributed by atoms with van der Waals surface area (Å²) in [4.78, 5) is 3.77. The van der Waals surface area contributed by atoms with E-state index in [0.717, 1.165) is 19.4 Å². The van der Waals surface area contributed by atoms with Crippen molar-refractivity contribution in [1.29, 1.82) is 0 Å². The number of unbranched alkanes of at least 4 members (excludes halogenated alkanes) is 1. The van der Waals surface area contributed by atoms with Crippen LogP contribution in [0.1, 0.15) is 19.8 Å². The minimum atomic E-state index is -2.16. The predicted octanol–water partition coefficient (Wildman–Crippen LogP) is 0.921. The van der Waals surface area contributed by atoms with Gasteiger partial charge in [-0.25, -0.2) is 4.98 Å². The summed E-state index contributed by atoms with van der Waals surface area (Å²) < 4.78 is 22.8. The number of rotatable bonds is 4. The van der Waals surface area contributed by atoms with Crippen LogP contribution in [0.5, 0.6) is 0 Å². The summed E-state index contributed by atoms with van der Waals surface area (Å²) >= 11 is -2.16. The molecule has 1 aromatic heterocycles. The number of hydrogen-bond donors (Lipinski definition) is 0. The fourth-order valence-electron chi connectivity index (χ4n) is 0.944. The highest BCUT2D eigenvalue weighted by molar-refractivity contribution is 7.79. The van der Waals surface area contributed by atoms with Crippen molar-refractivity contribution in [3.05, 3.63) is 12.5 Å². The van der Waals surface area contributed by atoms with Gasteiger partial charge in [0.15, 0.2) is 0 Å². The summed E-state index contributed by atoms with van der Waals surface area (Å²) in [6.07, 6.45) is 4.92. The normalized spacial score (nSPS) is 13.2. The Balaban J connectivity index is 2.70. The quantitative estimate of drug-likeness (QED) is 0.658. The van der Waals surface area contributed by atoms with Crippen molar-refractivity contribution in [2.75, 3.05) is 0 Å². The van der Waals surface area contributed by atoms with Crippen molar-refractivity contribution in [1.82, 2.24) is 9.55 Å². The first-order valence-corrected chi connectivity index (χ1v) is 4.92. The second-order valence-corrected chi connectivity index (χ2v) is 3.40. The van der Waals surface area contributed by atoms with Crippen LogP contribution in [-0.4, -0.2) is 18.3 Å². The molecule has 1 atom stereocenters. The van der Waals surface area contributed by atoms with Crippen molar-refractivity contribution in [2.24, 2.45) is 0 Å². The Bertz CT molecular complexity index is 272. The number of imidazole rings is 1. The second kappa shape index (κ2) is 4.37. The third-order valence-corrected chi connectivity index (χ3v) is 2.28. The van der Waals surface area contributed by atoms with Gasteiger partial charge in [-0.3, -0.25) is 4.21 Å². The Kier molecular flexibility index (Phi) is 3.43. The Hall–Kier alpha value is -0.680. The Morgan fingerprint density at radius 2 is 2.50 bits per heavy atom. The van der Waals surface area contributed by atoms with Crippen LogP contribution in [0, 0.1) is 0 Å². The molecule has 0 fully saturated rings. The van der Waals surface area contributed by atoms with Crippen LogP contribution in [0.15, 0.2) is 17.6 Å². The highest BCUT2D eigenvalue weighted by Crippen LogP contribution is 2.05. The molecule has 0 radical (unpaired) electrons. The van der Waals surface area contributed by atoms with Crippen LogP contribution in [0.25, 0.3) is 0 Å². The molecular weight excluding hydrogens is 176 g/mol. The minimum Gasteiger partial charge on any atom is -0.767 e. The fraction of sp³-hybridized carbons (Fsp3) is 0.571. The van der Waals surface area contributed by atoms with Crippen molar-refractivity contribution in [3.63, 3.8) is 0 Å². The molecule has 5 heteroatoms. The molecule has 0 N–H and O–H groups in total. The van der Waals surface area contributed by atoms with Crippen LogP contribution >= 0.6 is 0 Å². The SMILES string of the molecule is CCCCn1cncc1S(=O)[O-]. The summed E-state index contributed by atoms with van der Waals surface area (Å²) in [6.45, 7) is 2.78. The van der Waals surface area contributed by atoms with Gasteiger partial charge in [0.1, 0.15) is 5.03 Å². The summed E-state index contributed by atoms with van der Waals surface area (Å²) in [6, 6.07) is 0. The molecule has 0 saturated heterocycles. The van der Waals surface area contributed by atoms with Gasteiger partial charge in [-0.2, -0.15) is 0 Å². The Morgan fingerprint density at radius 3 is 3.08 bits per heavy atom. The summed E-state index contributed by atoms with van der Waals surface area (Å²) in [5, 5.41) is 0.267. The van der Waals surface area contributed by atoms with Crippen molar-refractivity contribution in [2.45, 2.75) is 31.3 Å². The summed E-state index contributed by atoms with van der Waals surface area (Å²) in [5.74, 6) is 0. The van der Waals surface area contributed by atoms with E-state index in [1.807, 2.05) is 0 Å². The molecule has 0 bridgehead atoms. The highest BCUT2D eigenvalue weighted by atomic mass is 32.2. The largest absolute Gasteiger partial charge is 0.767 e. The number of nitrogens with zero attached hydrogens (tertiary/aromatic N) is 2. The first-order valence-electron chi connectivity index (χ1n) is 3.85. The lowest BCUT2D eigenvalue weighted by molar-refractivity contribution is 0.515. The number of aryl methyl sites for hydroxylation is 1. The van der Waals surface area contributed by atoms with E-state index in [0.29, 0.717) is 0 Å². The van der Waals surface area contributed by atoms with Crippen molar-refractivity contribution >= 4 is 11.1 Å². The molecule has 0 saturated carbocycles. The van der Waals surface area contributed by atoms with E-state index < -0.39 is 11.1 Å². The molecule has 1 aromatic rings. The smallest absolute Gasteiger partial charge is 0.112 e. The molecule has 0 spiro atoms. The predicted molar refractivity (Wildman–Crippen MR) is 44.3 cm³/mol. The van der Waals surface area contributed by atoms with Gasteiger partial charge in [0.2, 0.25) is 0 Å². The molecule has 0 aliphatic carbocycles. The summed E-state index contributed by atoms with van der Waals surface area (Å²) in [5.41, 5.74) is 0. The molecule has 0 aliphatic heterocycles. The lowest BCUT2D eigenvalue weighted by Crippen LogP contribution is -2.02. The van der Waals surface area contributed by atoms with E-state index in [-0.39, 0.29) is 5.03 Å². The maximum Gasteiger partial charge on any atom is 0.112 e. The van der Waals surface area contributed by atoms with Gasteiger partial charge in [-0.15, -0.1) is 0 Å². The van der Waals surface area contributed by atoms with E-state index in [9.17, 15) is 8.76 Å². The molecule has 0 aliphatic rings. The van der Waals surface area contributed by atoms with E-state index in [1.165, 1.54) is 6.20 Å². The zero-order chi connectivity index (χ0) is 8.97. The standard InChI is InChI=1S/C7H12N2O2S/c1-2-3-4-9-6-8-5-7(9)12(10)11/h5-6H,2-4H2,1H3,(H,10,11)/p-1. The third kappa shape index (κ3) is 2.15. The first-order chi connectivity index (χ1) is 5.75. The van der Waals surface area contributed by atoms with Crippen molar-refractivity contribution < 1.29 is 8.76 Å². The lowest BCUT2D eigenvalue weighted by Gasteiger charge is -2.08. The van der Waals surface area contributed by atoms with E-state index in [2.05, 4.69) is 11.9 Å². The topological polar surface area (TPSA) is 58.0 Å². The van der Waals surface area contributed by atoms with E-state index in [1.54, 1.807) is 10.9 Å². The lowest BCUT2D eigenvalue weighted by atomic mass is 10.3. The van der Waals surface area contributed by atoms with Gasteiger partial charge in [0.25, 0.3) is 0 Å². The molecule has 68 valence electrons. The molecule has 0 amide bonds. The molecule has 1 heterocycles. The van der Waals surface area contributed by atoms with Gasteiger partial charge >= 0.3 is 0 Å². The fourth-order valence-corrected chi connectivity index (χ4v) is 1.42. The van der Waals surface area contributed by atoms with Crippen molar-refractivity contribution in [3.8, 4) is 0 Å². The van der Waals surface area contributed by atoms with Crippen LogP contribution in [0.2, 0.25) is 0 Å². The zero-order valence-electron chi connectivity index (χ0n) is 6.90. The number of hydrogen-bond acceptors (Lipinski definition) is 3. The average molecular weight is 187 g/mol. The van der Waals surface area contributed by atoms with E-state index in [4.69, 9.17) is 0 Å². The van der Waals surface area contributed by atoms with Gasteiger partial charge in [0.05, 0.1) is 12.5 Å². The molecule has 4 nitrogen and oxygen atoms in total. The van der Waals surface area contributed by atoms with Crippen LogP contribution < -0.4 is 0 Å². The second-order valence-electron chi connectivity index (χ2n) is 2.51. The van der Waals surface area contributed by atoms with E-state index >= 15 is 0 Å². The molecule has 0 aromatic carbocycles. The van der Waals surface area contributed by atoms with Crippen LogP contribution in [0.4, 0.5) is 0 Å². The zero-order valence-corrected chi connectivity index (χ0v) is 7.71. The Morgan fingerprint density at radius 1 is 1.75 bits per heavy atom. The monoisotopic (exact) mass is 187 g/mol. The highest BCUT2D eigenvalue weighted by Gasteiger charge is 2.00. The molecule has 1 rings (SSSR count). The number of aromatic nitrogens is 2. The average Bonchev–Trinajstić information content (AvgIpc) is 2.48. The molecule has 12 heavy (non-hydrogen) atoms. The summed E-state index contributed by atoms with van der Waals surface area (Å²) in [7, 11) is 0. The van der Waals surface area contributed by atoms with Gasteiger partial charge < -0.3 is 9.12 Å². The minimum absolute atomic E-state index is 0.267. The third-order valence-electron chi connectivity index (χ3n) is 1.60. The Labute approximate surface area is 73.9 Å². The van der Waals surface area contributed by atoms with Gasteiger partial charge in [-0.1, -0.05) is 13.3 Å². The molecular formula is C7H11N2O2S-. The first kappa shape index (κ1) is 9.41. The van der Waals surface area contributed by atoms with Crippen LogP contribution in [0.3, 0.4) is 0 Å². The van der Waals surface area contributed by atoms with Crippen LogP contribution in [-0.2, 0) is 17.6 Å².